The van der Waals surface area contributed by atoms with Crippen molar-refractivity contribution in [1.29, 1.82) is 0 Å². The van der Waals surface area contributed by atoms with Crippen LogP contribution < -0.4 is 0 Å². The van der Waals surface area contributed by atoms with Gasteiger partial charge in [-0.3, -0.25) is 4.21 Å². The summed E-state index contributed by atoms with van der Waals surface area (Å²) in [5, 5.41) is 0. The molecule has 0 aromatic heterocycles. The molecule has 15 heavy (non-hydrogen) atoms. The van der Waals surface area contributed by atoms with E-state index in [1.165, 1.54) is 5.56 Å². The summed E-state index contributed by atoms with van der Waals surface area (Å²) in [5.41, 5.74) is 2.32. The Morgan fingerprint density at radius 1 is 1.47 bits per heavy atom. The van der Waals surface area contributed by atoms with Crippen LogP contribution in [-0.2, 0) is 21.3 Å². The quantitative estimate of drug-likeness (QED) is 0.833. The molecule has 0 N–H and O–H groups in total. The van der Waals surface area contributed by atoms with Crippen molar-refractivity contribution in [3.63, 3.8) is 0 Å². The van der Waals surface area contributed by atoms with Crippen LogP contribution in [0.25, 0.3) is 0 Å². The maximum absolute atomic E-state index is 11.6. The smallest absolute Gasteiger partial charge is 0.0577 e. The third-order valence-corrected chi connectivity index (χ3v) is 3.88. The van der Waals surface area contributed by atoms with Crippen molar-refractivity contribution in [2.75, 3.05) is 19.5 Å². The predicted molar refractivity (Wildman–Crippen MR) is 67.5 cm³/mol. The highest BCUT2D eigenvalue weighted by Crippen LogP contribution is 2.17. The number of aryl methyl sites for hydroxylation is 1. The number of benzene rings is 1. The Balaban J connectivity index is 2.60. The molecule has 0 saturated carbocycles. The van der Waals surface area contributed by atoms with Gasteiger partial charge in [0.25, 0.3) is 0 Å². The summed E-state index contributed by atoms with van der Waals surface area (Å²) in [6.07, 6.45) is 0. The fourth-order valence-electron chi connectivity index (χ4n) is 1.24. The van der Waals surface area contributed by atoms with Crippen molar-refractivity contribution in [1.82, 2.24) is 0 Å². The highest BCUT2D eigenvalue weighted by Gasteiger charge is 2.04. The minimum absolute atomic E-state index is 0.558. The normalized spacial score (nSPS) is 12.7. The van der Waals surface area contributed by atoms with Crippen LogP contribution in [0.3, 0.4) is 0 Å². The van der Waals surface area contributed by atoms with Gasteiger partial charge in [0.1, 0.15) is 0 Å². The highest BCUT2D eigenvalue weighted by atomic mass is 79.9. The predicted octanol–water partition coefficient (Wildman–Crippen LogP) is 2.65. The summed E-state index contributed by atoms with van der Waals surface area (Å²) in [4.78, 5) is 0. The lowest BCUT2D eigenvalue weighted by atomic mass is 10.1. The Labute approximate surface area is 102 Å². The molecule has 0 saturated heterocycles. The lowest BCUT2D eigenvalue weighted by molar-refractivity contribution is 0.218. The van der Waals surface area contributed by atoms with Gasteiger partial charge in [-0.15, -0.1) is 0 Å². The molecule has 0 fully saturated rings. The van der Waals surface area contributed by atoms with Crippen LogP contribution in [-0.4, -0.2) is 23.7 Å². The Kier molecular flexibility index (Phi) is 5.50. The Hall–Kier alpha value is -0.190. The van der Waals surface area contributed by atoms with Crippen molar-refractivity contribution in [3.8, 4) is 0 Å². The molecular formula is C11H15BrO2S. The Morgan fingerprint density at radius 3 is 2.80 bits per heavy atom. The summed E-state index contributed by atoms with van der Waals surface area (Å²) in [5.74, 6) is 1.22. The molecule has 1 aromatic carbocycles. The number of hydrogen-bond donors (Lipinski definition) is 0. The van der Waals surface area contributed by atoms with Gasteiger partial charge >= 0.3 is 0 Å². The number of halogens is 1. The van der Waals surface area contributed by atoms with Gasteiger partial charge in [-0.05, 0) is 30.2 Å². The van der Waals surface area contributed by atoms with E-state index in [4.69, 9.17) is 4.74 Å². The summed E-state index contributed by atoms with van der Waals surface area (Å²) in [6, 6.07) is 6.04. The summed E-state index contributed by atoms with van der Waals surface area (Å²) in [6.45, 7) is 2.59. The third-order valence-electron chi connectivity index (χ3n) is 2.14. The molecule has 0 radical (unpaired) electrons. The minimum Gasteiger partial charge on any atom is -0.384 e. The van der Waals surface area contributed by atoms with E-state index >= 15 is 0 Å². The Morgan fingerprint density at radius 2 is 2.20 bits per heavy atom. The van der Waals surface area contributed by atoms with Crippen LogP contribution in [0.1, 0.15) is 11.1 Å². The van der Waals surface area contributed by atoms with Gasteiger partial charge in [0.05, 0.1) is 6.61 Å². The van der Waals surface area contributed by atoms with Crippen LogP contribution in [0.4, 0.5) is 0 Å². The van der Waals surface area contributed by atoms with Crippen molar-refractivity contribution in [2.45, 2.75) is 12.7 Å². The second kappa shape index (κ2) is 6.40. The molecule has 1 atom stereocenters. The first-order valence-electron chi connectivity index (χ1n) is 4.72. The van der Waals surface area contributed by atoms with Crippen LogP contribution in [0.2, 0.25) is 0 Å². The van der Waals surface area contributed by atoms with Crippen molar-refractivity contribution >= 4 is 26.7 Å². The molecular weight excluding hydrogens is 276 g/mol. The molecule has 0 unspecified atom stereocenters. The lowest BCUT2D eigenvalue weighted by Crippen LogP contribution is -2.07. The van der Waals surface area contributed by atoms with Crippen LogP contribution in [0.15, 0.2) is 22.7 Å². The van der Waals surface area contributed by atoms with E-state index in [9.17, 15) is 4.21 Å². The molecule has 0 bridgehead atoms. The summed E-state index contributed by atoms with van der Waals surface area (Å²) in [7, 11) is 0.799. The number of rotatable bonds is 5. The largest absolute Gasteiger partial charge is 0.384 e. The molecule has 0 aliphatic carbocycles. The molecule has 84 valence electrons. The number of hydrogen-bond acceptors (Lipinski definition) is 2. The topological polar surface area (TPSA) is 26.3 Å². The van der Waals surface area contributed by atoms with Gasteiger partial charge in [0, 0.05) is 33.9 Å². The molecule has 2 nitrogen and oxygen atoms in total. The van der Waals surface area contributed by atoms with Crippen LogP contribution in [0, 0.1) is 6.92 Å². The van der Waals surface area contributed by atoms with Gasteiger partial charge < -0.3 is 4.74 Å². The van der Waals surface area contributed by atoms with Crippen LogP contribution >= 0.6 is 15.9 Å². The van der Waals surface area contributed by atoms with Gasteiger partial charge in [-0.2, -0.15) is 0 Å². The van der Waals surface area contributed by atoms with Crippen LogP contribution in [0.5, 0.6) is 0 Å². The first-order chi connectivity index (χ1) is 7.13. The van der Waals surface area contributed by atoms with Gasteiger partial charge in [-0.1, -0.05) is 22.0 Å². The van der Waals surface area contributed by atoms with E-state index in [1.54, 1.807) is 7.11 Å². The molecule has 0 spiro atoms. The Bertz CT molecular complexity index is 352. The fourth-order valence-corrected chi connectivity index (χ4v) is 2.89. The fraction of sp³-hybridized carbons (Fsp3) is 0.455. The zero-order valence-electron chi connectivity index (χ0n) is 8.96. The SMILES string of the molecule is COCC[S@](=O)Cc1ccc(Br)cc1C. The summed E-state index contributed by atoms with van der Waals surface area (Å²) < 4.78 is 17.6. The molecule has 0 heterocycles. The molecule has 4 heteroatoms. The second-order valence-corrected chi connectivity index (χ2v) is 5.84. The zero-order chi connectivity index (χ0) is 11.3. The third kappa shape index (κ3) is 4.45. The molecule has 1 rings (SSSR count). The number of ether oxygens (including phenoxy) is 1. The monoisotopic (exact) mass is 290 g/mol. The lowest BCUT2D eigenvalue weighted by Gasteiger charge is -2.06. The van der Waals surface area contributed by atoms with E-state index in [0.29, 0.717) is 18.1 Å². The maximum atomic E-state index is 11.6. The van der Waals surface area contributed by atoms with E-state index in [1.807, 2.05) is 25.1 Å². The maximum Gasteiger partial charge on any atom is 0.0577 e. The first-order valence-corrected chi connectivity index (χ1v) is 7.00. The first kappa shape index (κ1) is 12.9. The second-order valence-electron chi connectivity index (χ2n) is 3.35. The van der Waals surface area contributed by atoms with Crippen molar-refractivity contribution < 1.29 is 8.95 Å². The molecule has 0 amide bonds. The van der Waals surface area contributed by atoms with E-state index < -0.39 is 10.8 Å². The average molecular weight is 291 g/mol. The van der Waals surface area contributed by atoms with Gasteiger partial charge in [0.15, 0.2) is 0 Å². The van der Waals surface area contributed by atoms with Gasteiger partial charge in [-0.25, -0.2) is 0 Å². The van der Waals surface area contributed by atoms with Crippen molar-refractivity contribution in [3.05, 3.63) is 33.8 Å². The molecule has 0 aliphatic rings. The van der Waals surface area contributed by atoms with E-state index in [-0.39, 0.29) is 0 Å². The molecule has 0 aliphatic heterocycles. The van der Waals surface area contributed by atoms with Gasteiger partial charge in [0.2, 0.25) is 0 Å². The minimum atomic E-state index is -0.828. The highest BCUT2D eigenvalue weighted by molar-refractivity contribution is 9.10. The van der Waals surface area contributed by atoms with E-state index in [2.05, 4.69) is 15.9 Å². The van der Waals surface area contributed by atoms with Crippen molar-refractivity contribution in [2.24, 2.45) is 0 Å². The summed E-state index contributed by atoms with van der Waals surface area (Å²) >= 11 is 3.41. The average Bonchev–Trinajstić information content (AvgIpc) is 2.19. The number of methoxy groups -OCH3 is 1. The standard InChI is InChI=1S/C11H15BrO2S/c1-9-7-11(12)4-3-10(9)8-15(13)6-5-14-2/h3-4,7H,5-6,8H2,1-2H3/t15-/m0/s1. The molecule has 1 aromatic rings. The van der Waals surface area contributed by atoms with E-state index in [0.717, 1.165) is 10.0 Å². The zero-order valence-corrected chi connectivity index (χ0v) is 11.4.